The predicted molar refractivity (Wildman–Crippen MR) is 88.0 cm³/mol. The Hall–Kier alpha value is -2.20. The lowest BCUT2D eigenvalue weighted by atomic mass is 10.1. The summed E-state index contributed by atoms with van der Waals surface area (Å²) in [6.45, 7) is 3.22. The number of rotatable bonds is 7. The number of nitrogens with one attached hydrogen (secondary N) is 1. The lowest BCUT2D eigenvalue weighted by Crippen LogP contribution is -2.05. The van der Waals surface area contributed by atoms with Crippen molar-refractivity contribution < 1.29 is 14.6 Å². The molecule has 0 amide bonds. The highest BCUT2D eigenvalue weighted by atomic mass is 35.5. The van der Waals surface area contributed by atoms with E-state index in [0.717, 1.165) is 17.7 Å². The zero-order valence-corrected chi connectivity index (χ0v) is 13.1. The highest BCUT2D eigenvalue weighted by molar-refractivity contribution is 6.33. The zero-order valence-electron chi connectivity index (χ0n) is 12.3. The lowest BCUT2D eigenvalue weighted by molar-refractivity contribution is 0.0697. The maximum absolute atomic E-state index is 11.0. The fraction of sp³-hybridized carbons (Fsp3) is 0.235. The molecule has 0 aromatic heterocycles. The van der Waals surface area contributed by atoms with Crippen molar-refractivity contribution >= 4 is 23.3 Å². The summed E-state index contributed by atoms with van der Waals surface area (Å²) in [4.78, 5) is 11.0. The number of benzene rings is 2. The van der Waals surface area contributed by atoms with Gasteiger partial charge in [-0.25, -0.2) is 4.79 Å². The van der Waals surface area contributed by atoms with Crippen LogP contribution in [0.5, 0.6) is 5.75 Å². The molecule has 0 radical (unpaired) electrons. The van der Waals surface area contributed by atoms with Crippen molar-refractivity contribution in [3.8, 4) is 5.75 Å². The van der Waals surface area contributed by atoms with Crippen molar-refractivity contribution in [3.05, 3.63) is 58.6 Å². The van der Waals surface area contributed by atoms with Gasteiger partial charge in [-0.05, 0) is 30.7 Å². The van der Waals surface area contributed by atoms with Gasteiger partial charge in [-0.2, -0.15) is 0 Å². The fourth-order valence-corrected chi connectivity index (χ4v) is 2.17. The summed E-state index contributed by atoms with van der Waals surface area (Å²) >= 11 is 6.10. The Balaban J connectivity index is 2.13. The van der Waals surface area contributed by atoms with E-state index < -0.39 is 5.97 Å². The second-order valence-corrected chi connectivity index (χ2v) is 5.22. The van der Waals surface area contributed by atoms with Crippen LogP contribution in [0.25, 0.3) is 0 Å². The van der Waals surface area contributed by atoms with E-state index in [0.29, 0.717) is 23.9 Å². The van der Waals surface area contributed by atoms with Crippen LogP contribution in [-0.2, 0) is 6.54 Å². The average molecular weight is 320 g/mol. The third-order valence-corrected chi connectivity index (χ3v) is 3.45. The maximum Gasteiger partial charge on any atom is 0.335 e. The molecule has 0 unspecified atom stereocenters. The van der Waals surface area contributed by atoms with Crippen LogP contribution in [0.15, 0.2) is 42.5 Å². The van der Waals surface area contributed by atoms with Crippen LogP contribution in [0.4, 0.5) is 5.69 Å². The average Bonchev–Trinajstić information content (AvgIpc) is 2.52. The Kier molecular flexibility index (Phi) is 5.67. The van der Waals surface area contributed by atoms with Gasteiger partial charge < -0.3 is 15.2 Å². The second-order valence-electron chi connectivity index (χ2n) is 4.81. The summed E-state index contributed by atoms with van der Waals surface area (Å²) in [7, 11) is 0. The van der Waals surface area contributed by atoms with E-state index in [9.17, 15) is 4.79 Å². The molecule has 0 spiro atoms. The SMILES string of the molecule is CCCOc1ccccc1CNc1cc(C(=O)O)ccc1Cl. The number of hydrogen-bond donors (Lipinski definition) is 2. The molecular weight excluding hydrogens is 302 g/mol. The van der Waals surface area contributed by atoms with Crippen molar-refractivity contribution in [3.63, 3.8) is 0 Å². The molecule has 0 aliphatic carbocycles. The smallest absolute Gasteiger partial charge is 0.335 e. The van der Waals surface area contributed by atoms with Crippen LogP contribution < -0.4 is 10.1 Å². The summed E-state index contributed by atoms with van der Waals surface area (Å²) < 4.78 is 5.70. The van der Waals surface area contributed by atoms with Crippen molar-refractivity contribution in [2.24, 2.45) is 0 Å². The summed E-state index contributed by atoms with van der Waals surface area (Å²) in [5.74, 6) is -0.159. The molecule has 0 saturated heterocycles. The largest absolute Gasteiger partial charge is 0.493 e. The highest BCUT2D eigenvalue weighted by Crippen LogP contribution is 2.25. The number of ether oxygens (including phenoxy) is 1. The third-order valence-electron chi connectivity index (χ3n) is 3.12. The van der Waals surface area contributed by atoms with E-state index in [2.05, 4.69) is 12.2 Å². The maximum atomic E-state index is 11.0. The minimum Gasteiger partial charge on any atom is -0.493 e. The summed E-state index contributed by atoms with van der Waals surface area (Å²) in [5.41, 5.74) is 1.78. The monoisotopic (exact) mass is 319 g/mol. The molecule has 0 aliphatic rings. The van der Waals surface area contributed by atoms with Crippen molar-refractivity contribution in [1.82, 2.24) is 0 Å². The predicted octanol–water partition coefficient (Wildman–Crippen LogP) is 4.44. The molecule has 2 aromatic carbocycles. The van der Waals surface area contributed by atoms with Gasteiger partial charge in [-0.1, -0.05) is 36.7 Å². The number of para-hydroxylation sites is 1. The third kappa shape index (κ3) is 4.15. The van der Waals surface area contributed by atoms with Gasteiger partial charge in [0.05, 0.1) is 22.9 Å². The number of hydrogen-bond acceptors (Lipinski definition) is 3. The zero-order chi connectivity index (χ0) is 15.9. The normalized spacial score (nSPS) is 10.3. The van der Waals surface area contributed by atoms with E-state index in [-0.39, 0.29) is 5.56 Å². The molecule has 5 heteroatoms. The van der Waals surface area contributed by atoms with E-state index in [4.69, 9.17) is 21.4 Å². The lowest BCUT2D eigenvalue weighted by Gasteiger charge is -2.13. The molecule has 0 aliphatic heterocycles. The molecule has 0 fully saturated rings. The number of halogens is 1. The van der Waals surface area contributed by atoms with Gasteiger partial charge in [0.2, 0.25) is 0 Å². The van der Waals surface area contributed by atoms with Gasteiger partial charge in [0.25, 0.3) is 0 Å². The fourth-order valence-electron chi connectivity index (χ4n) is 1.99. The molecule has 2 aromatic rings. The Bertz CT molecular complexity index is 658. The van der Waals surface area contributed by atoms with Crippen LogP contribution in [-0.4, -0.2) is 17.7 Å². The quantitative estimate of drug-likeness (QED) is 0.792. The number of carboxylic acid groups (broad SMARTS) is 1. The van der Waals surface area contributed by atoms with Gasteiger partial charge in [0.1, 0.15) is 5.75 Å². The topological polar surface area (TPSA) is 58.6 Å². The number of aromatic carboxylic acids is 1. The van der Waals surface area contributed by atoms with Gasteiger partial charge in [0.15, 0.2) is 0 Å². The minimum atomic E-state index is -0.980. The number of carbonyl (C=O) groups is 1. The molecule has 0 heterocycles. The van der Waals surface area contributed by atoms with E-state index in [1.165, 1.54) is 12.1 Å². The molecule has 4 nitrogen and oxygen atoms in total. The van der Waals surface area contributed by atoms with Crippen LogP contribution in [0, 0.1) is 0 Å². The Morgan fingerprint density at radius 1 is 1.27 bits per heavy atom. The summed E-state index contributed by atoms with van der Waals surface area (Å²) in [6, 6.07) is 12.3. The minimum absolute atomic E-state index is 0.197. The molecule has 2 N–H and O–H groups in total. The molecule has 116 valence electrons. The molecule has 0 bridgehead atoms. The number of anilines is 1. The van der Waals surface area contributed by atoms with E-state index >= 15 is 0 Å². The van der Waals surface area contributed by atoms with Gasteiger partial charge in [-0.15, -0.1) is 0 Å². The Labute approximate surface area is 134 Å². The summed E-state index contributed by atoms with van der Waals surface area (Å²) in [6.07, 6.45) is 0.939. The van der Waals surface area contributed by atoms with Crippen molar-refractivity contribution in [2.75, 3.05) is 11.9 Å². The molecule has 22 heavy (non-hydrogen) atoms. The molecule has 0 saturated carbocycles. The molecular formula is C17H18ClNO3. The van der Waals surface area contributed by atoms with Gasteiger partial charge in [0, 0.05) is 12.1 Å². The Morgan fingerprint density at radius 2 is 2.05 bits per heavy atom. The first-order valence-electron chi connectivity index (χ1n) is 7.09. The molecule has 0 atom stereocenters. The van der Waals surface area contributed by atoms with Crippen molar-refractivity contribution in [1.29, 1.82) is 0 Å². The van der Waals surface area contributed by atoms with Crippen LogP contribution >= 0.6 is 11.6 Å². The first kappa shape index (κ1) is 16.2. The van der Waals surface area contributed by atoms with E-state index in [1.807, 2.05) is 24.3 Å². The first-order valence-corrected chi connectivity index (χ1v) is 7.47. The number of carboxylic acids is 1. The second kappa shape index (κ2) is 7.71. The molecule has 2 rings (SSSR count). The standard InChI is InChI=1S/C17H18ClNO3/c1-2-9-22-16-6-4-3-5-13(16)11-19-15-10-12(17(20)21)7-8-14(15)18/h3-8,10,19H,2,9,11H2,1H3,(H,20,21). The van der Waals surface area contributed by atoms with Crippen molar-refractivity contribution in [2.45, 2.75) is 19.9 Å². The van der Waals surface area contributed by atoms with Gasteiger partial charge in [-0.3, -0.25) is 0 Å². The van der Waals surface area contributed by atoms with Gasteiger partial charge >= 0.3 is 5.97 Å². The first-order chi connectivity index (χ1) is 10.6. The Morgan fingerprint density at radius 3 is 2.77 bits per heavy atom. The summed E-state index contributed by atoms with van der Waals surface area (Å²) in [5, 5.41) is 12.7. The van der Waals surface area contributed by atoms with Crippen LogP contribution in [0.2, 0.25) is 5.02 Å². The van der Waals surface area contributed by atoms with E-state index in [1.54, 1.807) is 6.07 Å². The van der Waals surface area contributed by atoms with Crippen LogP contribution in [0.3, 0.4) is 0 Å². The highest BCUT2D eigenvalue weighted by Gasteiger charge is 2.08. The van der Waals surface area contributed by atoms with Crippen LogP contribution in [0.1, 0.15) is 29.3 Å².